The number of nitrogens with zero attached hydrogens (tertiary/aromatic N) is 3. The van der Waals surface area contributed by atoms with E-state index < -0.39 is 9.73 Å². The standard InChI is InChI=1S/C16H19N3O3S/c1-19-16(21)14(11-17-19)15(20)12-6-5-7-13(10-12)18-23(22)8-3-2-4-9-23/h5-7,10-11,21H,2-4,8-9H2,1H3. The molecule has 2 aromatic rings. The van der Waals surface area contributed by atoms with Crippen molar-refractivity contribution >= 4 is 21.2 Å². The number of hydrogen-bond acceptors (Lipinski definition) is 5. The van der Waals surface area contributed by atoms with Crippen LogP contribution in [0.5, 0.6) is 5.88 Å². The lowest BCUT2D eigenvalue weighted by Gasteiger charge is -2.15. The molecule has 1 saturated heterocycles. The van der Waals surface area contributed by atoms with Gasteiger partial charge in [-0.05, 0) is 25.0 Å². The van der Waals surface area contributed by atoms with Crippen LogP contribution in [0.1, 0.15) is 35.2 Å². The van der Waals surface area contributed by atoms with Crippen molar-refractivity contribution in [2.24, 2.45) is 11.4 Å². The van der Waals surface area contributed by atoms with Gasteiger partial charge in [-0.2, -0.15) is 9.46 Å². The fourth-order valence-electron chi connectivity index (χ4n) is 2.67. The van der Waals surface area contributed by atoms with E-state index in [1.54, 1.807) is 31.3 Å². The van der Waals surface area contributed by atoms with Crippen LogP contribution in [0.25, 0.3) is 0 Å². The summed E-state index contributed by atoms with van der Waals surface area (Å²) in [5, 5.41) is 13.7. The molecule has 122 valence electrons. The molecule has 7 heteroatoms. The van der Waals surface area contributed by atoms with Crippen molar-refractivity contribution in [1.82, 2.24) is 9.78 Å². The van der Waals surface area contributed by atoms with Crippen LogP contribution in [0, 0.1) is 0 Å². The average molecular weight is 333 g/mol. The predicted molar refractivity (Wildman–Crippen MR) is 88.6 cm³/mol. The van der Waals surface area contributed by atoms with Gasteiger partial charge in [0.15, 0.2) is 5.78 Å². The highest BCUT2D eigenvalue weighted by molar-refractivity contribution is 7.93. The number of ketones is 1. The Labute approximate surface area is 135 Å². The number of aryl methyl sites for hydroxylation is 1. The van der Waals surface area contributed by atoms with Gasteiger partial charge in [-0.3, -0.25) is 4.79 Å². The maximum atomic E-state index is 12.7. The molecular weight excluding hydrogens is 314 g/mol. The third-order valence-corrected chi connectivity index (χ3v) is 6.36. The Bertz CT molecular complexity index is 851. The molecule has 1 N–H and O–H groups in total. The van der Waals surface area contributed by atoms with Crippen molar-refractivity contribution in [2.45, 2.75) is 19.3 Å². The number of rotatable bonds is 3. The smallest absolute Gasteiger partial charge is 0.220 e. The van der Waals surface area contributed by atoms with E-state index in [9.17, 15) is 14.1 Å². The average Bonchev–Trinajstić information content (AvgIpc) is 2.87. The van der Waals surface area contributed by atoms with Crippen molar-refractivity contribution in [1.29, 1.82) is 0 Å². The SMILES string of the molecule is Cn1ncc(C(=O)c2cccc(N=S3(=O)CCCCC3)c2)c1O. The van der Waals surface area contributed by atoms with Gasteiger partial charge in [0.1, 0.15) is 5.56 Å². The van der Waals surface area contributed by atoms with Gasteiger partial charge in [0.05, 0.1) is 21.6 Å². The van der Waals surface area contributed by atoms with Crippen LogP contribution in [-0.4, -0.2) is 36.4 Å². The van der Waals surface area contributed by atoms with Gasteiger partial charge in [0.25, 0.3) is 0 Å². The third-order valence-electron chi connectivity index (χ3n) is 3.96. The summed E-state index contributed by atoms with van der Waals surface area (Å²) in [7, 11) is -0.646. The fourth-order valence-corrected chi connectivity index (χ4v) is 4.86. The molecule has 1 fully saturated rings. The lowest BCUT2D eigenvalue weighted by atomic mass is 10.1. The van der Waals surface area contributed by atoms with E-state index in [0.717, 1.165) is 19.3 Å². The van der Waals surface area contributed by atoms with Crippen LogP contribution in [0.2, 0.25) is 0 Å². The molecule has 23 heavy (non-hydrogen) atoms. The molecule has 1 aromatic carbocycles. The number of aromatic nitrogens is 2. The Balaban J connectivity index is 1.94. The van der Waals surface area contributed by atoms with Crippen molar-refractivity contribution in [3.8, 4) is 5.88 Å². The van der Waals surface area contributed by atoms with E-state index in [1.165, 1.54) is 10.9 Å². The Kier molecular flexibility index (Phi) is 4.21. The summed E-state index contributed by atoms with van der Waals surface area (Å²) in [6, 6.07) is 6.74. The summed E-state index contributed by atoms with van der Waals surface area (Å²) in [5.74, 6) is 0.741. The van der Waals surface area contributed by atoms with Crippen molar-refractivity contribution in [3.05, 3.63) is 41.6 Å². The summed E-state index contributed by atoms with van der Waals surface area (Å²) in [5.41, 5.74) is 1.09. The monoisotopic (exact) mass is 333 g/mol. The predicted octanol–water partition coefficient (Wildman–Crippen LogP) is 2.64. The van der Waals surface area contributed by atoms with Crippen LogP contribution in [0.15, 0.2) is 34.8 Å². The maximum Gasteiger partial charge on any atom is 0.220 e. The largest absolute Gasteiger partial charge is 0.493 e. The van der Waals surface area contributed by atoms with E-state index in [1.807, 2.05) is 0 Å². The second-order valence-electron chi connectivity index (χ2n) is 5.72. The molecule has 0 bridgehead atoms. The molecule has 0 atom stereocenters. The summed E-state index contributed by atoms with van der Waals surface area (Å²) in [6.45, 7) is 0. The minimum atomic E-state index is -2.21. The molecule has 0 saturated carbocycles. The van der Waals surface area contributed by atoms with E-state index in [-0.39, 0.29) is 17.2 Å². The normalized spacial score (nSPS) is 16.9. The highest BCUT2D eigenvalue weighted by Gasteiger charge is 2.18. The Morgan fingerprint density at radius 1 is 1.30 bits per heavy atom. The number of hydrogen-bond donors (Lipinski definition) is 1. The van der Waals surface area contributed by atoms with E-state index >= 15 is 0 Å². The Morgan fingerprint density at radius 3 is 2.70 bits per heavy atom. The van der Waals surface area contributed by atoms with Gasteiger partial charge in [-0.25, -0.2) is 8.89 Å². The van der Waals surface area contributed by atoms with Gasteiger partial charge in [-0.15, -0.1) is 0 Å². The number of aromatic hydroxyl groups is 1. The van der Waals surface area contributed by atoms with E-state index in [4.69, 9.17) is 0 Å². The quantitative estimate of drug-likeness (QED) is 0.875. The Hall–Kier alpha value is -2.15. The molecule has 0 amide bonds. The van der Waals surface area contributed by atoms with Gasteiger partial charge >= 0.3 is 0 Å². The molecule has 1 aromatic heterocycles. The topological polar surface area (TPSA) is 84.5 Å². The summed E-state index contributed by atoms with van der Waals surface area (Å²) >= 11 is 0. The van der Waals surface area contributed by atoms with Crippen LogP contribution >= 0.6 is 0 Å². The van der Waals surface area contributed by atoms with Gasteiger partial charge in [-0.1, -0.05) is 18.6 Å². The zero-order valence-electron chi connectivity index (χ0n) is 12.9. The zero-order chi connectivity index (χ0) is 16.4. The van der Waals surface area contributed by atoms with Gasteiger partial charge in [0, 0.05) is 24.1 Å². The molecule has 0 spiro atoms. The molecule has 6 nitrogen and oxygen atoms in total. The number of carbonyl (C=O) groups is 1. The van der Waals surface area contributed by atoms with Crippen molar-refractivity contribution in [2.75, 3.05) is 11.5 Å². The molecule has 3 rings (SSSR count). The van der Waals surface area contributed by atoms with Gasteiger partial charge in [0.2, 0.25) is 5.88 Å². The Morgan fingerprint density at radius 2 is 2.04 bits per heavy atom. The molecular formula is C16H19N3O3S. The first-order valence-electron chi connectivity index (χ1n) is 7.57. The minimum Gasteiger partial charge on any atom is -0.493 e. The minimum absolute atomic E-state index is 0.145. The molecule has 0 unspecified atom stereocenters. The lowest BCUT2D eigenvalue weighted by Crippen LogP contribution is -2.15. The molecule has 1 aliphatic rings. The van der Waals surface area contributed by atoms with E-state index in [2.05, 4.69) is 9.46 Å². The number of carbonyl (C=O) groups excluding carboxylic acids is 1. The van der Waals surface area contributed by atoms with Crippen molar-refractivity contribution in [3.63, 3.8) is 0 Å². The van der Waals surface area contributed by atoms with Crippen LogP contribution in [0.3, 0.4) is 0 Å². The summed E-state index contributed by atoms with van der Waals surface area (Å²) in [6.07, 6.45) is 4.31. The first kappa shape index (κ1) is 15.7. The first-order chi connectivity index (χ1) is 11.0. The molecule has 0 radical (unpaired) electrons. The van der Waals surface area contributed by atoms with Crippen LogP contribution in [-0.2, 0) is 16.8 Å². The fraction of sp³-hybridized carbons (Fsp3) is 0.375. The van der Waals surface area contributed by atoms with Crippen LogP contribution in [0.4, 0.5) is 5.69 Å². The van der Waals surface area contributed by atoms with Crippen molar-refractivity contribution < 1.29 is 14.1 Å². The molecule has 0 aliphatic carbocycles. The van der Waals surface area contributed by atoms with Crippen LogP contribution < -0.4 is 0 Å². The first-order valence-corrected chi connectivity index (χ1v) is 9.42. The zero-order valence-corrected chi connectivity index (χ0v) is 13.8. The van der Waals surface area contributed by atoms with Gasteiger partial charge < -0.3 is 5.11 Å². The highest BCUT2D eigenvalue weighted by atomic mass is 32.2. The lowest BCUT2D eigenvalue weighted by molar-refractivity contribution is 0.103. The molecule has 1 aliphatic heterocycles. The highest BCUT2D eigenvalue weighted by Crippen LogP contribution is 2.24. The van der Waals surface area contributed by atoms with E-state index in [0.29, 0.717) is 22.8 Å². The second-order valence-corrected chi connectivity index (χ2v) is 8.26. The maximum absolute atomic E-state index is 12.7. The molecule has 2 heterocycles. The summed E-state index contributed by atoms with van der Waals surface area (Å²) in [4.78, 5) is 12.5. The third kappa shape index (κ3) is 3.29. The number of benzene rings is 1. The summed E-state index contributed by atoms with van der Waals surface area (Å²) < 4.78 is 18.3. The second kappa shape index (κ2) is 6.16.